The lowest BCUT2D eigenvalue weighted by Gasteiger charge is -2.21. The lowest BCUT2D eigenvalue weighted by Crippen LogP contribution is -2.17. The van der Waals surface area contributed by atoms with Gasteiger partial charge in [-0.25, -0.2) is 9.97 Å². The molecule has 0 saturated heterocycles. The van der Waals surface area contributed by atoms with Crippen molar-refractivity contribution in [1.82, 2.24) is 9.97 Å². The first-order chi connectivity index (χ1) is 7.56. The summed E-state index contributed by atoms with van der Waals surface area (Å²) in [5.41, 5.74) is 2.68. The predicted molar refractivity (Wildman–Crippen MR) is 64.5 cm³/mol. The van der Waals surface area contributed by atoms with Gasteiger partial charge in [0.15, 0.2) is 5.89 Å². The first-order valence-electron chi connectivity index (χ1n) is 5.83. The molecule has 0 aliphatic rings. The van der Waals surface area contributed by atoms with Crippen molar-refractivity contribution in [2.75, 3.05) is 0 Å². The fraction of sp³-hybridized carbons (Fsp3) is 0.538. The van der Waals surface area contributed by atoms with Crippen molar-refractivity contribution in [2.24, 2.45) is 0 Å². The van der Waals surface area contributed by atoms with Crippen LogP contribution in [0.3, 0.4) is 0 Å². The normalized spacial score (nSPS) is 12.2. The Balaban J connectivity index is 2.51. The summed E-state index contributed by atoms with van der Waals surface area (Å²) in [5, 5.41) is 0. The van der Waals surface area contributed by atoms with Crippen LogP contribution in [-0.2, 0) is 11.8 Å². The smallest absolute Gasteiger partial charge is 0.247 e. The molecular formula is C13H18N2O. The molecule has 2 aromatic rings. The van der Waals surface area contributed by atoms with E-state index in [4.69, 9.17) is 4.42 Å². The Labute approximate surface area is 95.9 Å². The molecule has 0 radical (unpaired) electrons. The molecule has 86 valence electrons. The van der Waals surface area contributed by atoms with Crippen LogP contribution < -0.4 is 0 Å². The highest BCUT2D eigenvalue weighted by Crippen LogP contribution is 2.26. The maximum Gasteiger partial charge on any atom is 0.247 e. The summed E-state index contributed by atoms with van der Waals surface area (Å²) >= 11 is 0. The minimum absolute atomic E-state index is 0.0906. The Morgan fingerprint density at radius 3 is 2.56 bits per heavy atom. The minimum atomic E-state index is 0.0906. The van der Waals surface area contributed by atoms with Gasteiger partial charge in [-0.2, -0.15) is 0 Å². The molecule has 0 N–H and O–H groups in total. The van der Waals surface area contributed by atoms with E-state index in [-0.39, 0.29) is 5.41 Å². The Morgan fingerprint density at radius 2 is 1.94 bits per heavy atom. The first kappa shape index (κ1) is 11.1. The van der Waals surface area contributed by atoms with Gasteiger partial charge in [-0.05, 0) is 18.6 Å². The molecule has 3 heteroatoms. The lowest BCUT2D eigenvalue weighted by molar-refractivity contribution is 0.482. The van der Waals surface area contributed by atoms with Crippen molar-refractivity contribution in [3.8, 4) is 0 Å². The molecule has 0 saturated carbocycles. The number of oxazole rings is 1. The topological polar surface area (TPSA) is 38.9 Å². The van der Waals surface area contributed by atoms with Crippen LogP contribution in [0.4, 0.5) is 0 Å². The number of fused-ring (bicyclic) bond motifs is 1. The van der Waals surface area contributed by atoms with E-state index in [1.807, 2.05) is 19.1 Å². The molecule has 3 nitrogen and oxygen atoms in total. The Morgan fingerprint density at radius 1 is 1.19 bits per heavy atom. The summed E-state index contributed by atoms with van der Waals surface area (Å²) < 4.78 is 5.58. The van der Waals surface area contributed by atoms with E-state index in [1.54, 1.807) is 0 Å². The van der Waals surface area contributed by atoms with Gasteiger partial charge in [0, 0.05) is 11.8 Å². The van der Waals surface area contributed by atoms with E-state index < -0.39 is 0 Å². The summed E-state index contributed by atoms with van der Waals surface area (Å²) in [6.45, 7) is 8.59. The molecule has 0 bridgehead atoms. The maximum absolute atomic E-state index is 5.58. The summed E-state index contributed by atoms with van der Waals surface area (Å²) in [7, 11) is 0. The van der Waals surface area contributed by atoms with E-state index >= 15 is 0 Å². The molecule has 2 rings (SSSR count). The molecule has 0 aliphatic carbocycles. The second-order valence-corrected chi connectivity index (χ2v) is 4.72. The quantitative estimate of drug-likeness (QED) is 0.791. The number of pyridine rings is 1. The molecule has 2 heterocycles. The van der Waals surface area contributed by atoms with Gasteiger partial charge in [-0.15, -0.1) is 0 Å². The van der Waals surface area contributed by atoms with Gasteiger partial charge >= 0.3 is 0 Å². The van der Waals surface area contributed by atoms with Crippen molar-refractivity contribution >= 4 is 11.2 Å². The third-order valence-corrected chi connectivity index (χ3v) is 3.18. The largest absolute Gasteiger partial charge is 0.422 e. The molecule has 0 amide bonds. The van der Waals surface area contributed by atoms with Crippen LogP contribution in [0.1, 0.15) is 45.7 Å². The van der Waals surface area contributed by atoms with E-state index in [0.29, 0.717) is 5.71 Å². The zero-order valence-electron chi connectivity index (χ0n) is 10.4. The average molecular weight is 218 g/mol. The monoisotopic (exact) mass is 218 g/mol. The standard InChI is InChI=1S/C13H18N2O/c1-5-11-14-9-7-8-10(13(3,4)6-2)15-12(9)16-11/h7-8H,5-6H2,1-4H3. The van der Waals surface area contributed by atoms with Gasteiger partial charge in [0.2, 0.25) is 5.71 Å². The van der Waals surface area contributed by atoms with Gasteiger partial charge < -0.3 is 4.42 Å². The zero-order chi connectivity index (χ0) is 11.8. The number of hydrogen-bond acceptors (Lipinski definition) is 3. The number of nitrogens with zero attached hydrogens (tertiary/aromatic N) is 2. The molecule has 2 aromatic heterocycles. The van der Waals surface area contributed by atoms with Gasteiger partial charge in [-0.1, -0.05) is 27.7 Å². The summed E-state index contributed by atoms with van der Waals surface area (Å²) in [6, 6.07) is 4.05. The number of hydrogen-bond donors (Lipinski definition) is 0. The van der Waals surface area contributed by atoms with Crippen LogP contribution in [-0.4, -0.2) is 9.97 Å². The van der Waals surface area contributed by atoms with E-state index in [2.05, 4.69) is 30.7 Å². The highest BCUT2D eigenvalue weighted by molar-refractivity contribution is 5.68. The zero-order valence-corrected chi connectivity index (χ0v) is 10.4. The number of aromatic nitrogens is 2. The van der Waals surface area contributed by atoms with Crippen LogP contribution in [0.15, 0.2) is 16.5 Å². The van der Waals surface area contributed by atoms with Crippen molar-refractivity contribution in [1.29, 1.82) is 0 Å². The van der Waals surface area contributed by atoms with E-state index in [9.17, 15) is 0 Å². The maximum atomic E-state index is 5.58. The summed E-state index contributed by atoms with van der Waals surface area (Å²) in [5.74, 6) is 0.758. The molecule has 0 aromatic carbocycles. The van der Waals surface area contributed by atoms with Crippen molar-refractivity contribution in [3.05, 3.63) is 23.7 Å². The molecule has 0 unspecified atom stereocenters. The fourth-order valence-corrected chi connectivity index (χ4v) is 1.57. The average Bonchev–Trinajstić information content (AvgIpc) is 2.70. The summed E-state index contributed by atoms with van der Waals surface area (Å²) in [4.78, 5) is 8.91. The van der Waals surface area contributed by atoms with Crippen LogP contribution in [0.5, 0.6) is 0 Å². The lowest BCUT2D eigenvalue weighted by atomic mass is 9.86. The minimum Gasteiger partial charge on any atom is -0.422 e. The van der Waals surface area contributed by atoms with Crippen LogP contribution in [0.2, 0.25) is 0 Å². The Kier molecular flexibility index (Phi) is 2.70. The predicted octanol–water partition coefficient (Wildman–Crippen LogP) is 3.47. The van der Waals surface area contributed by atoms with Gasteiger partial charge in [0.25, 0.3) is 0 Å². The SMILES string of the molecule is CCc1nc2ccc(C(C)(C)CC)nc2o1. The van der Waals surface area contributed by atoms with Crippen molar-refractivity contribution in [2.45, 2.75) is 46.0 Å². The van der Waals surface area contributed by atoms with E-state index in [1.165, 1.54) is 0 Å². The summed E-state index contributed by atoms with van der Waals surface area (Å²) in [6.07, 6.45) is 1.86. The second-order valence-electron chi connectivity index (χ2n) is 4.72. The third kappa shape index (κ3) is 1.82. The van der Waals surface area contributed by atoms with Crippen LogP contribution in [0.25, 0.3) is 11.2 Å². The first-order valence-corrected chi connectivity index (χ1v) is 5.83. The van der Waals surface area contributed by atoms with Crippen molar-refractivity contribution < 1.29 is 4.42 Å². The second kappa shape index (κ2) is 3.89. The molecular weight excluding hydrogens is 200 g/mol. The van der Waals surface area contributed by atoms with Crippen molar-refractivity contribution in [3.63, 3.8) is 0 Å². The Hall–Kier alpha value is -1.38. The molecule has 16 heavy (non-hydrogen) atoms. The van der Waals surface area contributed by atoms with Gasteiger partial charge in [-0.3, -0.25) is 0 Å². The van der Waals surface area contributed by atoms with Gasteiger partial charge in [0.05, 0.1) is 5.69 Å². The molecule has 0 fully saturated rings. The molecule has 0 aliphatic heterocycles. The highest BCUT2D eigenvalue weighted by Gasteiger charge is 2.20. The van der Waals surface area contributed by atoms with E-state index in [0.717, 1.165) is 29.9 Å². The van der Waals surface area contributed by atoms with Crippen LogP contribution >= 0.6 is 0 Å². The van der Waals surface area contributed by atoms with Crippen LogP contribution in [0, 0.1) is 0 Å². The highest BCUT2D eigenvalue weighted by atomic mass is 16.4. The van der Waals surface area contributed by atoms with Gasteiger partial charge in [0.1, 0.15) is 5.52 Å². The fourth-order valence-electron chi connectivity index (χ4n) is 1.57. The molecule has 0 spiro atoms. The Bertz CT molecular complexity index is 500. The third-order valence-electron chi connectivity index (χ3n) is 3.18. The number of rotatable bonds is 3. The number of aryl methyl sites for hydroxylation is 1. The molecule has 0 atom stereocenters.